The summed E-state index contributed by atoms with van der Waals surface area (Å²) in [7, 11) is 3.69. The molecule has 0 N–H and O–H groups in total. The predicted molar refractivity (Wildman–Crippen MR) is 117 cm³/mol. The molecule has 2 aromatic heterocycles. The van der Waals surface area contributed by atoms with Gasteiger partial charge in [-0.1, -0.05) is 18.2 Å². The Morgan fingerprint density at radius 3 is 2.79 bits per heavy atom. The summed E-state index contributed by atoms with van der Waals surface area (Å²) in [5.41, 5.74) is 3.30. The lowest BCUT2D eigenvalue weighted by molar-refractivity contribution is 0.209. The van der Waals surface area contributed by atoms with E-state index < -0.39 is 0 Å². The number of imidazole rings is 2. The quantitative estimate of drug-likeness (QED) is 0.552. The molecular formula is C23H31N5O. The molecule has 6 heteroatoms. The smallest absolute Gasteiger partial charge is 0.328 e. The topological polar surface area (TPSA) is 48.0 Å². The molecule has 0 fully saturated rings. The Morgan fingerprint density at radius 2 is 2.03 bits per heavy atom. The lowest BCUT2D eigenvalue weighted by Gasteiger charge is -2.28. The van der Waals surface area contributed by atoms with Crippen LogP contribution in [0.3, 0.4) is 0 Å². The monoisotopic (exact) mass is 393 g/mol. The molecule has 0 bridgehead atoms. The van der Waals surface area contributed by atoms with Crippen LogP contribution < -0.4 is 5.69 Å². The zero-order valence-corrected chi connectivity index (χ0v) is 17.5. The molecule has 0 saturated heterocycles. The summed E-state index contributed by atoms with van der Waals surface area (Å²) in [6.45, 7) is 4.10. The van der Waals surface area contributed by atoms with Crippen LogP contribution in [0.4, 0.5) is 0 Å². The van der Waals surface area contributed by atoms with Gasteiger partial charge in [-0.3, -0.25) is 14.0 Å². The fourth-order valence-electron chi connectivity index (χ4n) is 4.43. The van der Waals surface area contributed by atoms with E-state index in [0.29, 0.717) is 0 Å². The number of fused-ring (bicyclic) bond motifs is 1. The first-order chi connectivity index (χ1) is 14.1. The summed E-state index contributed by atoms with van der Waals surface area (Å²) in [5.74, 6) is 0.734. The second kappa shape index (κ2) is 8.82. The number of aromatic nitrogens is 4. The van der Waals surface area contributed by atoms with Crippen LogP contribution in [-0.4, -0.2) is 36.7 Å². The maximum Gasteiger partial charge on any atom is 0.328 e. The summed E-state index contributed by atoms with van der Waals surface area (Å²) >= 11 is 0. The van der Waals surface area contributed by atoms with Crippen molar-refractivity contribution in [2.75, 3.05) is 13.1 Å². The van der Waals surface area contributed by atoms with Gasteiger partial charge in [-0.05, 0) is 49.3 Å². The summed E-state index contributed by atoms with van der Waals surface area (Å²) in [4.78, 5) is 19.0. The van der Waals surface area contributed by atoms with E-state index in [1.165, 1.54) is 24.8 Å². The molecule has 4 rings (SSSR count). The molecule has 0 unspecified atom stereocenters. The van der Waals surface area contributed by atoms with Crippen LogP contribution in [0.25, 0.3) is 11.0 Å². The second-order valence-corrected chi connectivity index (χ2v) is 8.26. The molecule has 2 heterocycles. The maximum absolute atomic E-state index is 12.2. The van der Waals surface area contributed by atoms with Crippen molar-refractivity contribution < 1.29 is 0 Å². The number of rotatable bonds is 8. The molecule has 1 atom stereocenters. The van der Waals surface area contributed by atoms with Crippen molar-refractivity contribution in [2.45, 2.75) is 38.8 Å². The Labute approximate surface area is 172 Å². The van der Waals surface area contributed by atoms with E-state index in [9.17, 15) is 4.79 Å². The summed E-state index contributed by atoms with van der Waals surface area (Å²) < 4.78 is 5.61. The summed E-state index contributed by atoms with van der Waals surface area (Å²) in [6.07, 6.45) is 15.2. The van der Waals surface area contributed by atoms with Crippen LogP contribution >= 0.6 is 0 Å². The van der Waals surface area contributed by atoms with Crippen molar-refractivity contribution in [2.24, 2.45) is 20.0 Å². The molecule has 0 radical (unpaired) electrons. The fraction of sp³-hybridized carbons (Fsp3) is 0.478. The number of nitrogens with zero attached hydrogens (tertiary/aromatic N) is 5. The van der Waals surface area contributed by atoms with Crippen molar-refractivity contribution in [3.63, 3.8) is 0 Å². The van der Waals surface area contributed by atoms with Gasteiger partial charge in [0.25, 0.3) is 0 Å². The van der Waals surface area contributed by atoms with Crippen LogP contribution in [0.5, 0.6) is 0 Å². The fourth-order valence-corrected chi connectivity index (χ4v) is 4.43. The lowest BCUT2D eigenvalue weighted by atomic mass is 9.93. The molecular weight excluding hydrogens is 362 g/mol. The molecule has 29 heavy (non-hydrogen) atoms. The minimum Gasteiger partial charge on any atom is -0.337 e. The normalized spacial score (nSPS) is 16.9. The van der Waals surface area contributed by atoms with E-state index in [0.717, 1.165) is 49.6 Å². The number of aryl methyl sites for hydroxylation is 3. The van der Waals surface area contributed by atoms with E-state index >= 15 is 0 Å². The first kappa shape index (κ1) is 19.7. The van der Waals surface area contributed by atoms with Gasteiger partial charge in [0.05, 0.1) is 17.4 Å². The summed E-state index contributed by atoms with van der Waals surface area (Å²) in [5, 5.41) is 0. The average molecular weight is 394 g/mol. The highest BCUT2D eigenvalue weighted by Crippen LogP contribution is 2.21. The van der Waals surface area contributed by atoms with Gasteiger partial charge in [-0.15, -0.1) is 0 Å². The van der Waals surface area contributed by atoms with Gasteiger partial charge in [0.15, 0.2) is 0 Å². The third-order valence-corrected chi connectivity index (χ3v) is 6.09. The molecule has 1 aliphatic carbocycles. The van der Waals surface area contributed by atoms with Gasteiger partial charge in [0.1, 0.15) is 0 Å². The second-order valence-electron chi connectivity index (χ2n) is 8.26. The average Bonchev–Trinajstić information content (AvgIpc) is 3.32. The number of hydrogen-bond donors (Lipinski definition) is 0. The van der Waals surface area contributed by atoms with E-state index in [1.807, 2.05) is 32.8 Å². The highest BCUT2D eigenvalue weighted by molar-refractivity contribution is 5.76. The largest absolute Gasteiger partial charge is 0.337 e. The van der Waals surface area contributed by atoms with E-state index in [4.69, 9.17) is 0 Å². The lowest BCUT2D eigenvalue weighted by Crippen LogP contribution is -2.31. The van der Waals surface area contributed by atoms with Gasteiger partial charge >= 0.3 is 5.69 Å². The molecule has 0 saturated carbocycles. The van der Waals surface area contributed by atoms with Gasteiger partial charge in [0, 0.05) is 52.7 Å². The van der Waals surface area contributed by atoms with E-state index in [-0.39, 0.29) is 5.69 Å². The van der Waals surface area contributed by atoms with Crippen LogP contribution in [0, 0.1) is 5.92 Å². The van der Waals surface area contributed by atoms with E-state index in [2.05, 4.69) is 44.8 Å². The number of benzene rings is 1. The van der Waals surface area contributed by atoms with Crippen molar-refractivity contribution in [1.29, 1.82) is 0 Å². The minimum atomic E-state index is 0.0309. The van der Waals surface area contributed by atoms with Crippen molar-refractivity contribution in [3.8, 4) is 0 Å². The van der Waals surface area contributed by atoms with Crippen LogP contribution in [0.15, 0.2) is 53.9 Å². The summed E-state index contributed by atoms with van der Waals surface area (Å²) in [6, 6.07) is 6.44. The Bertz CT molecular complexity index is 1030. The Balaban J connectivity index is 1.48. The van der Waals surface area contributed by atoms with Crippen molar-refractivity contribution in [3.05, 3.63) is 65.1 Å². The third kappa shape index (κ3) is 4.53. The standard InChI is InChI=1S/C23H31N5O/c1-25-21-10-9-20(15-22(21)26(2)23(25)29)17-28(16-19-7-4-3-5-8-19)13-6-12-27-14-11-24-18-27/h3-4,9-11,14-15,18-19H,5-8,12-13,16-17H2,1-2H3/t19-/m1/s1. The number of hydrogen-bond acceptors (Lipinski definition) is 3. The van der Waals surface area contributed by atoms with Gasteiger partial charge in [-0.2, -0.15) is 0 Å². The Kier molecular flexibility index (Phi) is 6.00. The Hall–Kier alpha value is -2.60. The first-order valence-electron chi connectivity index (χ1n) is 10.6. The van der Waals surface area contributed by atoms with Crippen LogP contribution in [0.1, 0.15) is 31.2 Å². The highest BCUT2D eigenvalue weighted by Gasteiger charge is 2.16. The molecule has 1 aromatic carbocycles. The van der Waals surface area contributed by atoms with Crippen LogP contribution in [-0.2, 0) is 27.2 Å². The molecule has 0 amide bonds. The van der Waals surface area contributed by atoms with Crippen molar-refractivity contribution >= 4 is 11.0 Å². The Morgan fingerprint density at radius 1 is 1.17 bits per heavy atom. The molecule has 154 valence electrons. The SMILES string of the molecule is Cn1c(=O)n(C)c2cc(CN(CCCn3ccnc3)C[C@@H]3CC=CCC3)ccc21. The molecule has 6 nitrogen and oxygen atoms in total. The first-order valence-corrected chi connectivity index (χ1v) is 10.6. The molecule has 3 aromatic rings. The highest BCUT2D eigenvalue weighted by atomic mass is 16.1. The minimum absolute atomic E-state index is 0.0309. The van der Waals surface area contributed by atoms with Crippen LogP contribution in [0.2, 0.25) is 0 Å². The van der Waals surface area contributed by atoms with Gasteiger partial charge in [0.2, 0.25) is 0 Å². The zero-order valence-electron chi connectivity index (χ0n) is 17.5. The maximum atomic E-state index is 12.2. The molecule has 1 aliphatic rings. The predicted octanol–water partition coefficient (Wildman–Crippen LogP) is 3.32. The zero-order chi connectivity index (χ0) is 20.2. The van der Waals surface area contributed by atoms with Gasteiger partial charge in [-0.25, -0.2) is 9.78 Å². The van der Waals surface area contributed by atoms with E-state index in [1.54, 1.807) is 9.13 Å². The molecule has 0 aliphatic heterocycles. The van der Waals surface area contributed by atoms with Gasteiger partial charge < -0.3 is 4.57 Å². The van der Waals surface area contributed by atoms with Crippen molar-refractivity contribution in [1.82, 2.24) is 23.6 Å². The molecule has 0 spiro atoms. The third-order valence-electron chi connectivity index (χ3n) is 6.09. The number of allylic oxidation sites excluding steroid dienone is 2.